The molecule has 5 heteroatoms. The number of carbonyl (C=O) groups excluding carboxylic acids is 1. The minimum atomic E-state index is -0.730. The number of nitrogens with one attached hydrogen (secondary N) is 1. The molecule has 0 spiro atoms. The quantitative estimate of drug-likeness (QED) is 0.505. The van der Waals surface area contributed by atoms with Crippen molar-refractivity contribution in [1.29, 1.82) is 0 Å². The van der Waals surface area contributed by atoms with Crippen LogP contribution in [0, 0.1) is 0 Å². The summed E-state index contributed by atoms with van der Waals surface area (Å²) in [7, 11) is 2.86. The average Bonchev–Trinajstić information content (AvgIpc) is 2.10. The average molecular weight is 174 g/mol. The molecule has 0 unspecified atom stereocenters. The lowest BCUT2D eigenvalue weighted by Gasteiger charge is -2.12. The Morgan fingerprint density at radius 2 is 2.17 bits per heavy atom. The summed E-state index contributed by atoms with van der Waals surface area (Å²) in [5.74, 6) is 0. The van der Waals surface area contributed by atoms with Crippen LogP contribution in [0.1, 0.15) is 13.3 Å². The second kappa shape index (κ2) is 6.75. The van der Waals surface area contributed by atoms with Gasteiger partial charge in [0.15, 0.2) is 0 Å². The number of aliphatic imine (C=N–C) groups is 1. The van der Waals surface area contributed by atoms with E-state index in [1.165, 1.54) is 20.4 Å². The summed E-state index contributed by atoms with van der Waals surface area (Å²) < 4.78 is 9.44. The van der Waals surface area contributed by atoms with E-state index in [4.69, 9.17) is 9.47 Å². The lowest BCUT2D eigenvalue weighted by atomic mass is 10.5. The maximum Gasteiger partial charge on any atom is 0.344 e. The minimum absolute atomic E-state index is 0.467. The number of ether oxygens (including phenoxy) is 2. The highest BCUT2D eigenvalue weighted by Crippen LogP contribution is 1.86. The fraction of sp³-hybridized carbons (Fsp3) is 0.714. The Morgan fingerprint density at radius 1 is 1.58 bits per heavy atom. The van der Waals surface area contributed by atoms with Gasteiger partial charge in [0.1, 0.15) is 0 Å². The molecule has 0 atom stereocenters. The lowest BCUT2D eigenvalue weighted by molar-refractivity contribution is -0.114. The molecule has 0 aliphatic heterocycles. The van der Waals surface area contributed by atoms with Crippen LogP contribution in [-0.4, -0.2) is 32.9 Å². The van der Waals surface area contributed by atoms with Crippen LogP contribution in [0.2, 0.25) is 0 Å². The molecule has 70 valence electrons. The first kappa shape index (κ1) is 11.1. The summed E-state index contributed by atoms with van der Waals surface area (Å²) in [6.45, 7) is 1.89. The summed E-state index contributed by atoms with van der Waals surface area (Å²) in [5, 5.41) is 2.37. The molecule has 0 aromatic rings. The van der Waals surface area contributed by atoms with Gasteiger partial charge in [-0.3, -0.25) is 5.32 Å². The summed E-state index contributed by atoms with van der Waals surface area (Å²) in [5.41, 5.74) is 0. The summed E-state index contributed by atoms with van der Waals surface area (Å²) in [6.07, 6.45) is 1.50. The van der Waals surface area contributed by atoms with Gasteiger partial charge in [-0.25, -0.2) is 9.79 Å². The third-order valence-electron chi connectivity index (χ3n) is 1.06. The van der Waals surface area contributed by atoms with E-state index < -0.39 is 12.4 Å². The highest BCUT2D eigenvalue weighted by atomic mass is 16.7. The minimum Gasteiger partial charge on any atom is -0.339 e. The van der Waals surface area contributed by atoms with Gasteiger partial charge in [0, 0.05) is 20.4 Å². The Balaban J connectivity index is 3.73. The van der Waals surface area contributed by atoms with Gasteiger partial charge in [-0.15, -0.1) is 0 Å². The van der Waals surface area contributed by atoms with Gasteiger partial charge < -0.3 is 9.47 Å². The molecule has 5 nitrogen and oxygen atoms in total. The van der Waals surface area contributed by atoms with Crippen LogP contribution in [0.3, 0.4) is 0 Å². The van der Waals surface area contributed by atoms with Gasteiger partial charge in [-0.2, -0.15) is 0 Å². The Kier molecular flexibility index (Phi) is 6.22. The summed E-state index contributed by atoms with van der Waals surface area (Å²) >= 11 is 0. The lowest BCUT2D eigenvalue weighted by Crippen LogP contribution is -2.35. The van der Waals surface area contributed by atoms with Crippen LogP contribution < -0.4 is 5.32 Å². The smallest absolute Gasteiger partial charge is 0.339 e. The molecule has 0 aromatic carbocycles. The van der Waals surface area contributed by atoms with Gasteiger partial charge >= 0.3 is 6.03 Å². The third kappa shape index (κ3) is 4.81. The first-order valence-corrected chi connectivity index (χ1v) is 3.63. The third-order valence-corrected chi connectivity index (χ3v) is 1.06. The number of hydrogen-bond donors (Lipinski definition) is 1. The molecule has 0 fully saturated rings. The molecule has 0 saturated heterocycles. The van der Waals surface area contributed by atoms with Gasteiger partial charge in [-0.05, 0) is 6.42 Å². The molecule has 1 N–H and O–H groups in total. The fourth-order valence-electron chi connectivity index (χ4n) is 0.526. The van der Waals surface area contributed by atoms with Crippen molar-refractivity contribution in [2.45, 2.75) is 19.8 Å². The summed E-state index contributed by atoms with van der Waals surface area (Å²) in [4.78, 5) is 14.4. The monoisotopic (exact) mass is 174 g/mol. The standard InChI is InChI=1S/C7H14N2O3/c1-4-5-8-6(10)9-7(11-2)12-3/h5,7H,4H2,1-3H3,(H,9,10). The zero-order valence-corrected chi connectivity index (χ0v) is 7.53. The maximum absolute atomic E-state index is 10.9. The second-order valence-corrected chi connectivity index (χ2v) is 1.97. The van der Waals surface area contributed by atoms with Crippen molar-refractivity contribution in [2.75, 3.05) is 14.2 Å². The van der Waals surface area contributed by atoms with Crippen molar-refractivity contribution in [3.63, 3.8) is 0 Å². The van der Waals surface area contributed by atoms with Crippen molar-refractivity contribution < 1.29 is 14.3 Å². The molecule has 12 heavy (non-hydrogen) atoms. The Labute approximate surface area is 71.8 Å². The molecule has 2 amide bonds. The molecule has 0 aliphatic rings. The number of hydrogen-bond acceptors (Lipinski definition) is 3. The number of rotatable bonds is 4. The number of amides is 2. The van der Waals surface area contributed by atoms with Crippen molar-refractivity contribution in [1.82, 2.24) is 5.32 Å². The molecule has 0 rings (SSSR count). The van der Waals surface area contributed by atoms with Crippen molar-refractivity contribution in [3.05, 3.63) is 0 Å². The highest BCUT2D eigenvalue weighted by Gasteiger charge is 2.06. The van der Waals surface area contributed by atoms with E-state index in [0.717, 1.165) is 6.42 Å². The van der Waals surface area contributed by atoms with Gasteiger partial charge in [0.05, 0.1) is 0 Å². The molecule has 0 bridgehead atoms. The highest BCUT2D eigenvalue weighted by molar-refractivity contribution is 5.83. The molecule has 0 aromatic heterocycles. The topological polar surface area (TPSA) is 59.9 Å². The SMILES string of the molecule is CCC=NC(=O)NC(OC)OC. The maximum atomic E-state index is 10.9. The van der Waals surface area contributed by atoms with E-state index in [0.29, 0.717) is 0 Å². The van der Waals surface area contributed by atoms with Crippen LogP contribution in [-0.2, 0) is 9.47 Å². The van der Waals surface area contributed by atoms with E-state index in [-0.39, 0.29) is 0 Å². The van der Waals surface area contributed by atoms with Crippen LogP contribution in [0.25, 0.3) is 0 Å². The van der Waals surface area contributed by atoms with E-state index in [9.17, 15) is 4.79 Å². The Bertz CT molecular complexity index is 155. The summed E-state index contributed by atoms with van der Waals surface area (Å²) in [6, 6.07) is -0.467. The second-order valence-electron chi connectivity index (χ2n) is 1.97. The van der Waals surface area contributed by atoms with E-state index >= 15 is 0 Å². The normalized spacial score (nSPS) is 11.0. The van der Waals surface area contributed by atoms with Gasteiger partial charge in [0.2, 0.25) is 6.41 Å². The van der Waals surface area contributed by atoms with Gasteiger partial charge in [-0.1, -0.05) is 6.92 Å². The van der Waals surface area contributed by atoms with Crippen LogP contribution in [0.5, 0.6) is 0 Å². The Hall–Kier alpha value is -0.940. The largest absolute Gasteiger partial charge is 0.344 e. The zero-order valence-electron chi connectivity index (χ0n) is 7.53. The molecule has 0 radical (unpaired) electrons. The van der Waals surface area contributed by atoms with E-state index in [2.05, 4.69) is 10.3 Å². The fourth-order valence-corrected chi connectivity index (χ4v) is 0.526. The van der Waals surface area contributed by atoms with Crippen LogP contribution >= 0.6 is 0 Å². The van der Waals surface area contributed by atoms with Crippen molar-refractivity contribution in [3.8, 4) is 0 Å². The molecule has 0 aliphatic carbocycles. The van der Waals surface area contributed by atoms with Crippen LogP contribution in [0.4, 0.5) is 4.79 Å². The Morgan fingerprint density at radius 3 is 2.58 bits per heavy atom. The molecule has 0 saturated carbocycles. The number of carbonyl (C=O) groups is 1. The zero-order chi connectivity index (χ0) is 9.40. The predicted octanol–water partition coefficient (Wildman–Crippen LogP) is 0.753. The molecular formula is C7H14N2O3. The molecule has 0 heterocycles. The first-order chi connectivity index (χ1) is 5.74. The van der Waals surface area contributed by atoms with Gasteiger partial charge in [0.25, 0.3) is 0 Å². The number of nitrogens with zero attached hydrogens (tertiary/aromatic N) is 1. The number of methoxy groups -OCH3 is 2. The van der Waals surface area contributed by atoms with Crippen molar-refractivity contribution >= 4 is 12.2 Å². The number of urea groups is 1. The first-order valence-electron chi connectivity index (χ1n) is 3.63. The van der Waals surface area contributed by atoms with E-state index in [1.54, 1.807) is 0 Å². The predicted molar refractivity (Wildman–Crippen MR) is 45.1 cm³/mol. The van der Waals surface area contributed by atoms with Crippen LogP contribution in [0.15, 0.2) is 4.99 Å². The van der Waals surface area contributed by atoms with Crippen molar-refractivity contribution in [2.24, 2.45) is 4.99 Å². The van der Waals surface area contributed by atoms with E-state index in [1.807, 2.05) is 6.92 Å². The molecular weight excluding hydrogens is 160 g/mol.